The maximum atomic E-state index is 5.72. The molecule has 2 aromatic rings. The van der Waals surface area contributed by atoms with Crippen LogP contribution in [0.5, 0.6) is 11.5 Å². The molecule has 7 heteroatoms. The summed E-state index contributed by atoms with van der Waals surface area (Å²) in [5.74, 6) is 2.58. The van der Waals surface area contributed by atoms with E-state index in [1.165, 1.54) is 5.56 Å². The highest BCUT2D eigenvalue weighted by Crippen LogP contribution is 2.30. The fourth-order valence-corrected chi connectivity index (χ4v) is 3.29. The molecule has 7 nitrogen and oxygen atoms in total. The van der Waals surface area contributed by atoms with Crippen molar-refractivity contribution in [2.45, 2.75) is 12.6 Å². The Kier molecular flexibility index (Phi) is 6.49. The minimum atomic E-state index is 0.257. The van der Waals surface area contributed by atoms with Gasteiger partial charge in [-0.25, -0.2) is 4.98 Å². The van der Waals surface area contributed by atoms with Crippen LogP contribution >= 0.6 is 0 Å². The van der Waals surface area contributed by atoms with Crippen LogP contribution in [0.1, 0.15) is 17.4 Å². The number of ether oxygens (including phenoxy) is 3. The van der Waals surface area contributed by atoms with Crippen molar-refractivity contribution < 1.29 is 14.2 Å². The van der Waals surface area contributed by atoms with Crippen LogP contribution in [0.15, 0.2) is 30.6 Å². The standard InChI is InChI=1S/C19H28N4O3/c1-22-8-7-21-19(22)16-13-20-6-9-23(16)14-15-4-5-17(18(12-15)25-3)26-11-10-24-2/h4-5,7-8,12,16,20H,6,9-11,13-14H2,1-3H3. The number of hydrogen-bond acceptors (Lipinski definition) is 6. The van der Waals surface area contributed by atoms with Crippen molar-refractivity contribution in [2.24, 2.45) is 7.05 Å². The Balaban J connectivity index is 1.73. The van der Waals surface area contributed by atoms with Gasteiger partial charge in [0, 0.05) is 52.7 Å². The van der Waals surface area contributed by atoms with Gasteiger partial charge in [0.25, 0.3) is 0 Å². The highest BCUT2D eigenvalue weighted by atomic mass is 16.5. The Labute approximate surface area is 154 Å². The Morgan fingerprint density at radius 1 is 1.23 bits per heavy atom. The maximum absolute atomic E-state index is 5.72. The minimum absolute atomic E-state index is 0.257. The number of imidazole rings is 1. The third-order valence-electron chi connectivity index (χ3n) is 4.67. The van der Waals surface area contributed by atoms with Crippen LogP contribution in [-0.4, -0.2) is 61.5 Å². The maximum Gasteiger partial charge on any atom is 0.161 e. The molecule has 0 amide bonds. The summed E-state index contributed by atoms with van der Waals surface area (Å²) >= 11 is 0. The van der Waals surface area contributed by atoms with E-state index < -0.39 is 0 Å². The van der Waals surface area contributed by atoms with Gasteiger partial charge in [0.15, 0.2) is 11.5 Å². The lowest BCUT2D eigenvalue weighted by Crippen LogP contribution is -2.46. The van der Waals surface area contributed by atoms with Crippen molar-refractivity contribution in [3.8, 4) is 11.5 Å². The van der Waals surface area contributed by atoms with E-state index in [0.29, 0.717) is 13.2 Å². The zero-order valence-corrected chi connectivity index (χ0v) is 15.8. The van der Waals surface area contributed by atoms with Crippen LogP contribution in [0.3, 0.4) is 0 Å². The molecule has 1 saturated heterocycles. The molecule has 0 spiro atoms. The van der Waals surface area contributed by atoms with Gasteiger partial charge in [-0.2, -0.15) is 0 Å². The molecule has 1 aliphatic heterocycles. The lowest BCUT2D eigenvalue weighted by molar-refractivity contribution is 0.142. The number of hydrogen-bond donors (Lipinski definition) is 1. The molecule has 1 N–H and O–H groups in total. The molecule has 1 aromatic carbocycles. The number of piperazine rings is 1. The first-order chi connectivity index (χ1) is 12.7. The van der Waals surface area contributed by atoms with Gasteiger partial charge < -0.3 is 24.1 Å². The van der Waals surface area contributed by atoms with Gasteiger partial charge in [0.1, 0.15) is 12.4 Å². The largest absolute Gasteiger partial charge is 0.493 e. The fraction of sp³-hybridized carbons (Fsp3) is 0.526. The van der Waals surface area contributed by atoms with E-state index in [1.54, 1.807) is 14.2 Å². The number of aromatic nitrogens is 2. The molecule has 1 fully saturated rings. The molecule has 26 heavy (non-hydrogen) atoms. The third-order valence-corrected chi connectivity index (χ3v) is 4.67. The lowest BCUT2D eigenvalue weighted by Gasteiger charge is -2.35. The van der Waals surface area contributed by atoms with Crippen LogP contribution in [-0.2, 0) is 18.3 Å². The lowest BCUT2D eigenvalue weighted by atomic mass is 10.1. The Morgan fingerprint density at radius 3 is 2.85 bits per heavy atom. The predicted molar refractivity (Wildman–Crippen MR) is 99.6 cm³/mol. The highest BCUT2D eigenvalue weighted by molar-refractivity contribution is 5.43. The summed E-state index contributed by atoms with van der Waals surface area (Å²) in [6.07, 6.45) is 3.86. The summed E-state index contributed by atoms with van der Waals surface area (Å²) in [4.78, 5) is 7.00. The highest BCUT2D eigenvalue weighted by Gasteiger charge is 2.26. The Hall–Kier alpha value is -2.09. The molecule has 142 valence electrons. The van der Waals surface area contributed by atoms with E-state index in [0.717, 1.165) is 43.5 Å². The normalized spacial score (nSPS) is 18.0. The molecule has 1 aliphatic rings. The van der Waals surface area contributed by atoms with Crippen LogP contribution in [0.25, 0.3) is 0 Å². The first-order valence-corrected chi connectivity index (χ1v) is 8.93. The Morgan fingerprint density at radius 2 is 2.12 bits per heavy atom. The van der Waals surface area contributed by atoms with Gasteiger partial charge in [-0.3, -0.25) is 4.90 Å². The average molecular weight is 360 g/mol. The summed E-state index contributed by atoms with van der Waals surface area (Å²) in [5, 5.41) is 3.47. The van der Waals surface area contributed by atoms with Gasteiger partial charge in [-0.05, 0) is 17.7 Å². The molecule has 0 aliphatic carbocycles. The van der Waals surface area contributed by atoms with Crippen LogP contribution in [0, 0.1) is 0 Å². The van der Waals surface area contributed by atoms with E-state index in [1.807, 2.05) is 25.5 Å². The average Bonchev–Trinajstić information content (AvgIpc) is 3.09. The number of nitrogens with one attached hydrogen (secondary N) is 1. The number of benzene rings is 1. The van der Waals surface area contributed by atoms with Crippen LogP contribution in [0.4, 0.5) is 0 Å². The Bertz CT molecular complexity index is 704. The van der Waals surface area contributed by atoms with E-state index in [9.17, 15) is 0 Å². The van der Waals surface area contributed by atoms with Crippen molar-refractivity contribution in [1.82, 2.24) is 19.8 Å². The molecular weight excluding hydrogens is 332 g/mol. The molecule has 2 heterocycles. The molecule has 0 radical (unpaired) electrons. The molecule has 1 atom stereocenters. The number of nitrogens with zero attached hydrogens (tertiary/aromatic N) is 3. The predicted octanol–water partition coefficient (Wildman–Crippen LogP) is 1.60. The summed E-state index contributed by atoms with van der Waals surface area (Å²) in [6, 6.07) is 6.39. The monoisotopic (exact) mass is 360 g/mol. The smallest absolute Gasteiger partial charge is 0.161 e. The molecule has 0 saturated carbocycles. The second-order valence-corrected chi connectivity index (χ2v) is 6.41. The molecular formula is C19H28N4O3. The van der Waals surface area contributed by atoms with Crippen molar-refractivity contribution in [3.05, 3.63) is 42.0 Å². The van der Waals surface area contributed by atoms with Gasteiger partial charge in [0.05, 0.1) is 19.8 Å². The summed E-state index contributed by atoms with van der Waals surface area (Å²) in [6.45, 7) is 4.76. The summed E-state index contributed by atoms with van der Waals surface area (Å²) in [7, 11) is 5.38. The van der Waals surface area contributed by atoms with E-state index in [-0.39, 0.29) is 6.04 Å². The third kappa shape index (κ3) is 4.35. The van der Waals surface area contributed by atoms with Gasteiger partial charge in [0.2, 0.25) is 0 Å². The van der Waals surface area contributed by atoms with Crippen molar-refractivity contribution in [2.75, 3.05) is 47.1 Å². The molecule has 0 bridgehead atoms. The number of rotatable bonds is 8. The fourth-order valence-electron chi connectivity index (χ4n) is 3.29. The van der Waals surface area contributed by atoms with E-state index in [4.69, 9.17) is 14.2 Å². The van der Waals surface area contributed by atoms with E-state index >= 15 is 0 Å². The zero-order valence-electron chi connectivity index (χ0n) is 15.8. The SMILES string of the molecule is COCCOc1ccc(CN2CCNCC2c2nccn2C)cc1OC. The molecule has 3 rings (SSSR count). The van der Waals surface area contributed by atoms with E-state index in [2.05, 4.69) is 31.9 Å². The second kappa shape index (κ2) is 9.02. The zero-order chi connectivity index (χ0) is 18.4. The quantitative estimate of drug-likeness (QED) is 0.722. The summed E-state index contributed by atoms with van der Waals surface area (Å²) in [5.41, 5.74) is 1.20. The molecule has 1 unspecified atom stereocenters. The van der Waals surface area contributed by atoms with Gasteiger partial charge in [-0.15, -0.1) is 0 Å². The van der Waals surface area contributed by atoms with Crippen molar-refractivity contribution >= 4 is 0 Å². The number of methoxy groups -OCH3 is 2. The summed E-state index contributed by atoms with van der Waals surface area (Å²) < 4.78 is 18.4. The molecule has 1 aromatic heterocycles. The first-order valence-electron chi connectivity index (χ1n) is 8.93. The topological polar surface area (TPSA) is 60.8 Å². The minimum Gasteiger partial charge on any atom is -0.493 e. The first kappa shape index (κ1) is 18.7. The van der Waals surface area contributed by atoms with Crippen LogP contribution in [0.2, 0.25) is 0 Å². The van der Waals surface area contributed by atoms with Crippen molar-refractivity contribution in [1.29, 1.82) is 0 Å². The second-order valence-electron chi connectivity index (χ2n) is 6.41. The van der Waals surface area contributed by atoms with Crippen LogP contribution < -0.4 is 14.8 Å². The van der Waals surface area contributed by atoms with Gasteiger partial charge >= 0.3 is 0 Å². The van der Waals surface area contributed by atoms with Crippen molar-refractivity contribution in [3.63, 3.8) is 0 Å². The number of aryl methyl sites for hydroxylation is 1. The van der Waals surface area contributed by atoms with Gasteiger partial charge in [-0.1, -0.05) is 6.07 Å².